The Labute approximate surface area is 145 Å². The lowest BCUT2D eigenvalue weighted by atomic mass is 10.2. The fourth-order valence-electron chi connectivity index (χ4n) is 3.07. The number of H-pyrrole nitrogens is 1. The second-order valence-electron chi connectivity index (χ2n) is 6.29. The van der Waals surface area contributed by atoms with Crippen molar-refractivity contribution in [3.63, 3.8) is 0 Å². The number of para-hydroxylation sites is 1. The normalized spacial score (nSPS) is 17.2. The van der Waals surface area contributed by atoms with Crippen LogP contribution in [0.15, 0.2) is 34.7 Å². The maximum absolute atomic E-state index is 12.3. The van der Waals surface area contributed by atoms with E-state index >= 15 is 0 Å². The number of nitrogens with one attached hydrogen (secondary N) is 1. The molecule has 3 aromatic rings. The minimum Gasteiger partial charge on any atom is -0.419 e. The van der Waals surface area contributed by atoms with Crippen molar-refractivity contribution >= 4 is 16.8 Å². The summed E-state index contributed by atoms with van der Waals surface area (Å²) in [6, 6.07) is 10.1. The van der Waals surface area contributed by atoms with Gasteiger partial charge < -0.3 is 19.0 Å². The molecule has 1 saturated heterocycles. The van der Waals surface area contributed by atoms with Gasteiger partial charge in [-0.1, -0.05) is 18.2 Å². The summed E-state index contributed by atoms with van der Waals surface area (Å²) in [6.07, 6.45) is 1.68. The number of carbonyl (C=O) groups excluding carboxylic acids is 1. The third-order valence-electron chi connectivity index (χ3n) is 4.63. The molecular formula is C18H20N4O3. The van der Waals surface area contributed by atoms with Crippen LogP contribution in [-0.4, -0.2) is 52.3 Å². The van der Waals surface area contributed by atoms with Gasteiger partial charge in [0, 0.05) is 37.4 Å². The molecule has 1 fully saturated rings. The molecule has 2 aromatic heterocycles. The molecule has 0 bridgehead atoms. The summed E-state index contributed by atoms with van der Waals surface area (Å²) < 4.78 is 11.0. The maximum atomic E-state index is 12.3. The summed E-state index contributed by atoms with van der Waals surface area (Å²) in [4.78, 5) is 17.3. The van der Waals surface area contributed by atoms with E-state index in [1.54, 1.807) is 4.90 Å². The molecule has 0 aliphatic carbocycles. The number of fused-ring (bicyclic) bond motifs is 1. The minimum atomic E-state index is 0.0702. The number of rotatable bonds is 5. The second-order valence-corrected chi connectivity index (χ2v) is 6.29. The molecule has 0 saturated carbocycles. The highest BCUT2D eigenvalue weighted by atomic mass is 16.5. The first kappa shape index (κ1) is 15.8. The number of benzene rings is 1. The first-order valence-corrected chi connectivity index (χ1v) is 8.44. The van der Waals surface area contributed by atoms with Crippen molar-refractivity contribution in [2.75, 3.05) is 20.3 Å². The SMILES string of the molecule is CN(C(=O)CCc1nnc(-c2cc3ccccc3[nH]2)o1)[C@H]1CCOC1. The lowest BCUT2D eigenvalue weighted by Gasteiger charge is -2.22. The highest BCUT2D eigenvalue weighted by Gasteiger charge is 2.24. The van der Waals surface area contributed by atoms with Gasteiger partial charge in [0.1, 0.15) is 5.69 Å². The molecule has 0 radical (unpaired) electrons. The Kier molecular flexibility index (Phi) is 4.23. The quantitative estimate of drug-likeness (QED) is 0.771. The Balaban J connectivity index is 1.40. The van der Waals surface area contributed by atoms with Gasteiger partial charge in [-0.2, -0.15) is 0 Å². The van der Waals surface area contributed by atoms with E-state index in [9.17, 15) is 4.79 Å². The van der Waals surface area contributed by atoms with Crippen LogP contribution in [0.3, 0.4) is 0 Å². The number of hydrogen-bond acceptors (Lipinski definition) is 5. The lowest BCUT2D eigenvalue weighted by Crippen LogP contribution is -2.37. The fraction of sp³-hybridized carbons (Fsp3) is 0.389. The Bertz CT molecular complexity index is 846. The van der Waals surface area contributed by atoms with E-state index in [1.807, 2.05) is 37.4 Å². The zero-order chi connectivity index (χ0) is 17.2. The number of carbonyl (C=O) groups is 1. The van der Waals surface area contributed by atoms with Crippen molar-refractivity contribution in [2.45, 2.75) is 25.3 Å². The van der Waals surface area contributed by atoms with Crippen molar-refractivity contribution in [3.05, 3.63) is 36.2 Å². The number of hydrogen-bond donors (Lipinski definition) is 1. The molecule has 1 aliphatic heterocycles. The predicted molar refractivity (Wildman–Crippen MR) is 91.9 cm³/mol. The summed E-state index contributed by atoms with van der Waals surface area (Å²) in [5.41, 5.74) is 1.80. The van der Waals surface area contributed by atoms with Gasteiger partial charge in [-0.3, -0.25) is 4.79 Å². The molecule has 130 valence electrons. The van der Waals surface area contributed by atoms with Crippen LogP contribution in [0, 0.1) is 0 Å². The topological polar surface area (TPSA) is 84.3 Å². The van der Waals surface area contributed by atoms with Crippen LogP contribution in [0.2, 0.25) is 0 Å². The van der Waals surface area contributed by atoms with Crippen LogP contribution in [0.4, 0.5) is 0 Å². The zero-order valence-electron chi connectivity index (χ0n) is 14.1. The Morgan fingerprint density at radius 1 is 1.36 bits per heavy atom. The molecule has 4 rings (SSSR count). The molecule has 1 aliphatic rings. The van der Waals surface area contributed by atoms with Crippen LogP contribution in [0.25, 0.3) is 22.5 Å². The van der Waals surface area contributed by atoms with E-state index in [0.29, 0.717) is 31.2 Å². The third-order valence-corrected chi connectivity index (χ3v) is 4.63. The average molecular weight is 340 g/mol. The summed E-state index contributed by atoms with van der Waals surface area (Å²) in [5.74, 6) is 0.982. The van der Waals surface area contributed by atoms with Gasteiger partial charge in [0.25, 0.3) is 5.89 Å². The Morgan fingerprint density at radius 3 is 3.04 bits per heavy atom. The molecule has 1 N–H and O–H groups in total. The molecule has 7 heteroatoms. The van der Waals surface area contributed by atoms with E-state index in [-0.39, 0.29) is 11.9 Å². The number of aromatic amines is 1. The van der Waals surface area contributed by atoms with Crippen LogP contribution < -0.4 is 0 Å². The molecule has 0 spiro atoms. The van der Waals surface area contributed by atoms with Crippen LogP contribution in [0.5, 0.6) is 0 Å². The number of likely N-dealkylation sites (N-methyl/N-ethyl adjacent to an activating group) is 1. The smallest absolute Gasteiger partial charge is 0.264 e. The summed E-state index contributed by atoms with van der Waals surface area (Å²) in [5, 5.41) is 9.24. The van der Waals surface area contributed by atoms with E-state index in [4.69, 9.17) is 9.15 Å². The summed E-state index contributed by atoms with van der Waals surface area (Å²) in [7, 11) is 1.82. The largest absolute Gasteiger partial charge is 0.419 e. The van der Waals surface area contributed by atoms with Gasteiger partial charge in [-0.25, -0.2) is 0 Å². The molecule has 7 nitrogen and oxygen atoms in total. The summed E-state index contributed by atoms with van der Waals surface area (Å²) in [6.45, 7) is 1.34. The maximum Gasteiger partial charge on any atom is 0.264 e. The second kappa shape index (κ2) is 6.68. The van der Waals surface area contributed by atoms with Crippen molar-refractivity contribution in [2.24, 2.45) is 0 Å². The van der Waals surface area contributed by atoms with Gasteiger partial charge in [0.15, 0.2) is 0 Å². The molecule has 1 amide bonds. The summed E-state index contributed by atoms with van der Waals surface area (Å²) >= 11 is 0. The lowest BCUT2D eigenvalue weighted by molar-refractivity contribution is -0.132. The van der Waals surface area contributed by atoms with E-state index in [0.717, 1.165) is 29.6 Å². The number of aryl methyl sites for hydroxylation is 1. The van der Waals surface area contributed by atoms with Gasteiger partial charge >= 0.3 is 0 Å². The van der Waals surface area contributed by atoms with Crippen LogP contribution in [-0.2, 0) is 16.0 Å². The first-order chi connectivity index (χ1) is 12.2. The molecule has 25 heavy (non-hydrogen) atoms. The number of amides is 1. The monoisotopic (exact) mass is 340 g/mol. The first-order valence-electron chi connectivity index (χ1n) is 8.44. The predicted octanol–water partition coefficient (Wildman–Crippen LogP) is 2.40. The molecule has 0 unspecified atom stereocenters. The van der Waals surface area contributed by atoms with E-state index in [1.165, 1.54) is 0 Å². The number of nitrogens with zero attached hydrogens (tertiary/aromatic N) is 3. The van der Waals surface area contributed by atoms with Gasteiger partial charge in [-0.05, 0) is 18.6 Å². The zero-order valence-corrected chi connectivity index (χ0v) is 14.1. The van der Waals surface area contributed by atoms with Crippen LogP contribution >= 0.6 is 0 Å². The van der Waals surface area contributed by atoms with Gasteiger partial charge in [0.05, 0.1) is 12.6 Å². The standard InChI is InChI=1S/C18H20N4O3/c1-22(13-8-9-24-11-13)17(23)7-6-16-20-21-18(25-16)15-10-12-4-2-3-5-14(12)19-15/h2-5,10,13,19H,6-9,11H2,1H3/t13-/m0/s1. The van der Waals surface area contributed by atoms with Crippen molar-refractivity contribution in [1.82, 2.24) is 20.1 Å². The fourth-order valence-corrected chi connectivity index (χ4v) is 3.07. The van der Waals surface area contributed by atoms with Crippen molar-refractivity contribution in [3.8, 4) is 11.6 Å². The van der Waals surface area contributed by atoms with Crippen molar-refractivity contribution in [1.29, 1.82) is 0 Å². The minimum absolute atomic E-state index is 0.0702. The Morgan fingerprint density at radius 2 is 2.24 bits per heavy atom. The number of ether oxygens (including phenoxy) is 1. The average Bonchev–Trinajstić information content (AvgIpc) is 3.38. The highest BCUT2D eigenvalue weighted by Crippen LogP contribution is 2.23. The molecular weight excluding hydrogens is 320 g/mol. The molecule has 3 heterocycles. The van der Waals surface area contributed by atoms with Gasteiger partial charge in [-0.15, -0.1) is 10.2 Å². The number of aromatic nitrogens is 3. The Hall–Kier alpha value is -2.67. The van der Waals surface area contributed by atoms with E-state index < -0.39 is 0 Å². The van der Waals surface area contributed by atoms with Gasteiger partial charge in [0.2, 0.25) is 11.8 Å². The highest BCUT2D eigenvalue weighted by molar-refractivity contribution is 5.84. The van der Waals surface area contributed by atoms with Crippen LogP contribution in [0.1, 0.15) is 18.7 Å². The molecule has 1 atom stereocenters. The van der Waals surface area contributed by atoms with E-state index in [2.05, 4.69) is 15.2 Å². The van der Waals surface area contributed by atoms with Crippen molar-refractivity contribution < 1.29 is 13.9 Å². The molecule has 1 aromatic carbocycles. The third kappa shape index (κ3) is 3.28.